The van der Waals surface area contributed by atoms with Crippen molar-refractivity contribution in [2.75, 3.05) is 38.2 Å². The number of ether oxygens (including phenoxy) is 1. The van der Waals surface area contributed by atoms with E-state index in [2.05, 4.69) is 10.2 Å². The van der Waals surface area contributed by atoms with Gasteiger partial charge in [0.05, 0.1) is 13.0 Å². The summed E-state index contributed by atoms with van der Waals surface area (Å²) in [6.07, 6.45) is 1.96. The Bertz CT molecular complexity index is 629. The minimum Gasteiger partial charge on any atom is -0.497 e. The van der Waals surface area contributed by atoms with E-state index < -0.39 is 5.97 Å². The minimum atomic E-state index is -0.759. The first kappa shape index (κ1) is 17.4. The SMILES string of the molecule is COc1cccc(N2CCC(NC(=O)N3CCC(C(=O)O)CC3)C2)c1. The van der Waals surface area contributed by atoms with Gasteiger partial charge in [-0.05, 0) is 31.4 Å². The predicted octanol–water partition coefficient (Wildman–Crippen LogP) is 1.78. The monoisotopic (exact) mass is 347 g/mol. The lowest BCUT2D eigenvalue weighted by Gasteiger charge is -2.31. The topological polar surface area (TPSA) is 82.1 Å². The number of anilines is 1. The van der Waals surface area contributed by atoms with Crippen molar-refractivity contribution < 1.29 is 19.4 Å². The Morgan fingerprint density at radius 1 is 1.20 bits per heavy atom. The van der Waals surface area contributed by atoms with Gasteiger partial charge in [0.2, 0.25) is 0 Å². The third kappa shape index (κ3) is 4.15. The molecule has 1 aromatic rings. The van der Waals surface area contributed by atoms with Gasteiger partial charge in [0.25, 0.3) is 0 Å². The molecule has 3 rings (SSSR count). The van der Waals surface area contributed by atoms with Crippen LogP contribution in [0.5, 0.6) is 5.75 Å². The lowest BCUT2D eigenvalue weighted by atomic mass is 9.97. The lowest BCUT2D eigenvalue weighted by molar-refractivity contribution is -0.143. The van der Waals surface area contributed by atoms with Crippen LogP contribution in [0.3, 0.4) is 0 Å². The summed E-state index contributed by atoms with van der Waals surface area (Å²) < 4.78 is 5.27. The van der Waals surface area contributed by atoms with Gasteiger partial charge < -0.3 is 25.0 Å². The summed E-state index contributed by atoms with van der Waals surface area (Å²) >= 11 is 0. The predicted molar refractivity (Wildman–Crippen MR) is 94.1 cm³/mol. The quantitative estimate of drug-likeness (QED) is 0.868. The number of amides is 2. The Morgan fingerprint density at radius 3 is 2.64 bits per heavy atom. The summed E-state index contributed by atoms with van der Waals surface area (Å²) in [5.41, 5.74) is 1.10. The van der Waals surface area contributed by atoms with Gasteiger partial charge in [0.15, 0.2) is 0 Å². The van der Waals surface area contributed by atoms with Crippen LogP contribution in [0.2, 0.25) is 0 Å². The fourth-order valence-electron chi connectivity index (χ4n) is 3.52. The van der Waals surface area contributed by atoms with E-state index in [0.29, 0.717) is 25.9 Å². The Labute approximate surface area is 147 Å². The Balaban J connectivity index is 1.49. The van der Waals surface area contributed by atoms with Gasteiger partial charge in [-0.25, -0.2) is 4.79 Å². The second-order valence-electron chi connectivity index (χ2n) is 6.68. The van der Waals surface area contributed by atoms with Crippen molar-refractivity contribution in [3.05, 3.63) is 24.3 Å². The van der Waals surface area contributed by atoms with Gasteiger partial charge in [-0.3, -0.25) is 4.79 Å². The summed E-state index contributed by atoms with van der Waals surface area (Å²) in [7, 11) is 1.65. The van der Waals surface area contributed by atoms with Crippen molar-refractivity contribution in [3.63, 3.8) is 0 Å². The molecule has 2 aliphatic rings. The first-order chi connectivity index (χ1) is 12.1. The van der Waals surface area contributed by atoms with E-state index in [-0.39, 0.29) is 18.0 Å². The third-order valence-corrected chi connectivity index (χ3v) is 5.07. The second kappa shape index (κ2) is 7.63. The largest absolute Gasteiger partial charge is 0.497 e. The van der Waals surface area contributed by atoms with Gasteiger partial charge in [0.1, 0.15) is 5.75 Å². The number of hydrogen-bond donors (Lipinski definition) is 2. The molecule has 0 aliphatic carbocycles. The molecule has 1 aromatic carbocycles. The number of carboxylic acid groups (broad SMARTS) is 1. The number of carboxylic acids is 1. The Morgan fingerprint density at radius 2 is 1.96 bits per heavy atom. The number of aliphatic carboxylic acids is 1. The van der Waals surface area contributed by atoms with Gasteiger partial charge in [0, 0.05) is 44.0 Å². The van der Waals surface area contributed by atoms with Crippen molar-refractivity contribution in [1.82, 2.24) is 10.2 Å². The standard InChI is InChI=1S/C18H25N3O4/c1-25-16-4-2-3-15(11-16)21-10-7-14(12-21)19-18(24)20-8-5-13(6-9-20)17(22)23/h2-4,11,13-14H,5-10,12H2,1H3,(H,19,24)(H,22,23). The molecular formula is C18H25N3O4. The van der Waals surface area contributed by atoms with E-state index in [1.54, 1.807) is 12.0 Å². The highest BCUT2D eigenvalue weighted by atomic mass is 16.5. The highest BCUT2D eigenvalue weighted by molar-refractivity contribution is 5.76. The van der Waals surface area contributed by atoms with Crippen molar-refractivity contribution in [1.29, 1.82) is 0 Å². The van der Waals surface area contributed by atoms with E-state index in [9.17, 15) is 9.59 Å². The van der Waals surface area contributed by atoms with Crippen LogP contribution in [0, 0.1) is 5.92 Å². The van der Waals surface area contributed by atoms with Crippen LogP contribution in [0.1, 0.15) is 19.3 Å². The molecule has 1 unspecified atom stereocenters. The van der Waals surface area contributed by atoms with Crippen LogP contribution in [0.25, 0.3) is 0 Å². The minimum absolute atomic E-state index is 0.0821. The van der Waals surface area contributed by atoms with Gasteiger partial charge in [-0.15, -0.1) is 0 Å². The summed E-state index contributed by atoms with van der Waals surface area (Å²) in [6, 6.07) is 7.95. The number of nitrogens with one attached hydrogen (secondary N) is 1. The number of carbonyl (C=O) groups excluding carboxylic acids is 1. The number of benzene rings is 1. The highest BCUT2D eigenvalue weighted by Gasteiger charge is 2.30. The van der Waals surface area contributed by atoms with Crippen LogP contribution in [0.15, 0.2) is 24.3 Å². The molecular weight excluding hydrogens is 322 g/mol. The molecule has 2 heterocycles. The zero-order valence-corrected chi connectivity index (χ0v) is 14.5. The molecule has 7 nitrogen and oxygen atoms in total. The average Bonchev–Trinajstić information content (AvgIpc) is 3.10. The first-order valence-electron chi connectivity index (χ1n) is 8.74. The smallest absolute Gasteiger partial charge is 0.317 e. The molecule has 0 saturated carbocycles. The fourth-order valence-corrected chi connectivity index (χ4v) is 3.52. The van der Waals surface area contributed by atoms with E-state index >= 15 is 0 Å². The molecule has 2 amide bonds. The Kier molecular flexibility index (Phi) is 5.31. The molecule has 1 atom stereocenters. The maximum Gasteiger partial charge on any atom is 0.317 e. The normalized spacial score (nSPS) is 21.2. The zero-order valence-electron chi connectivity index (χ0n) is 14.5. The van der Waals surface area contributed by atoms with Crippen LogP contribution in [0.4, 0.5) is 10.5 Å². The number of nitrogens with zero attached hydrogens (tertiary/aromatic N) is 2. The third-order valence-electron chi connectivity index (χ3n) is 5.07. The number of likely N-dealkylation sites (tertiary alicyclic amines) is 1. The summed E-state index contributed by atoms with van der Waals surface area (Å²) in [4.78, 5) is 27.4. The number of urea groups is 1. The molecule has 2 aliphatic heterocycles. The summed E-state index contributed by atoms with van der Waals surface area (Å²) in [6.45, 7) is 2.67. The number of hydrogen-bond acceptors (Lipinski definition) is 4. The van der Waals surface area contributed by atoms with Crippen LogP contribution < -0.4 is 15.0 Å². The molecule has 25 heavy (non-hydrogen) atoms. The number of methoxy groups -OCH3 is 1. The van der Waals surface area contributed by atoms with Gasteiger partial charge in [-0.1, -0.05) is 6.07 Å². The van der Waals surface area contributed by atoms with Gasteiger partial charge >= 0.3 is 12.0 Å². The van der Waals surface area contributed by atoms with E-state index in [1.165, 1.54) is 0 Å². The molecule has 2 N–H and O–H groups in total. The highest BCUT2D eigenvalue weighted by Crippen LogP contribution is 2.25. The molecule has 7 heteroatoms. The zero-order chi connectivity index (χ0) is 17.8. The van der Waals surface area contributed by atoms with Crippen molar-refractivity contribution in [2.24, 2.45) is 5.92 Å². The molecule has 0 bridgehead atoms. The van der Waals surface area contributed by atoms with E-state index in [0.717, 1.165) is 30.9 Å². The fraction of sp³-hybridized carbons (Fsp3) is 0.556. The van der Waals surface area contributed by atoms with Crippen LogP contribution in [-0.2, 0) is 4.79 Å². The lowest BCUT2D eigenvalue weighted by Crippen LogP contribution is -2.49. The molecule has 0 spiro atoms. The molecule has 2 fully saturated rings. The van der Waals surface area contributed by atoms with Crippen molar-refractivity contribution in [3.8, 4) is 5.75 Å². The average molecular weight is 347 g/mol. The van der Waals surface area contributed by atoms with E-state index in [1.807, 2.05) is 24.3 Å². The first-order valence-corrected chi connectivity index (χ1v) is 8.74. The number of piperidine rings is 1. The van der Waals surface area contributed by atoms with Crippen LogP contribution >= 0.6 is 0 Å². The number of rotatable bonds is 4. The van der Waals surface area contributed by atoms with Crippen LogP contribution in [-0.4, -0.2) is 61.3 Å². The second-order valence-corrected chi connectivity index (χ2v) is 6.68. The summed E-state index contributed by atoms with van der Waals surface area (Å²) in [5, 5.41) is 12.1. The maximum atomic E-state index is 12.4. The van der Waals surface area contributed by atoms with Crippen molar-refractivity contribution in [2.45, 2.75) is 25.3 Å². The molecule has 0 radical (unpaired) electrons. The Hall–Kier alpha value is -2.44. The van der Waals surface area contributed by atoms with Gasteiger partial charge in [-0.2, -0.15) is 0 Å². The summed E-state index contributed by atoms with van der Waals surface area (Å²) in [5.74, 6) is -0.254. The maximum absolute atomic E-state index is 12.4. The van der Waals surface area contributed by atoms with E-state index in [4.69, 9.17) is 9.84 Å². The molecule has 0 aromatic heterocycles. The number of carbonyl (C=O) groups is 2. The molecule has 136 valence electrons. The molecule has 2 saturated heterocycles. The van der Waals surface area contributed by atoms with Crippen molar-refractivity contribution >= 4 is 17.7 Å².